The number of nitrogens with zero attached hydrogens (tertiary/aromatic N) is 4. The van der Waals surface area contributed by atoms with Crippen molar-refractivity contribution >= 4 is 27.4 Å². The Hall–Kier alpha value is -2.01. The van der Waals surface area contributed by atoms with Crippen LogP contribution < -0.4 is 4.90 Å². The van der Waals surface area contributed by atoms with Crippen LogP contribution in [0.15, 0.2) is 36.9 Å². The summed E-state index contributed by atoms with van der Waals surface area (Å²) < 4.78 is 0. The van der Waals surface area contributed by atoms with Crippen LogP contribution >= 0.6 is 11.3 Å². The van der Waals surface area contributed by atoms with Gasteiger partial charge in [0.2, 0.25) is 0 Å². The lowest BCUT2D eigenvalue weighted by molar-refractivity contribution is 0.679. The molecule has 1 atom stereocenters. The quantitative estimate of drug-likeness (QED) is 0.707. The molecular formula is C17H20N4S. The summed E-state index contributed by atoms with van der Waals surface area (Å²) in [6, 6.07) is 6.55. The molecule has 3 aromatic rings. The molecule has 0 bridgehead atoms. The molecule has 0 saturated carbocycles. The van der Waals surface area contributed by atoms with Crippen LogP contribution in [0.5, 0.6) is 0 Å². The van der Waals surface area contributed by atoms with Gasteiger partial charge in [-0.15, -0.1) is 11.3 Å². The summed E-state index contributed by atoms with van der Waals surface area (Å²) in [7, 11) is 0. The van der Waals surface area contributed by atoms with Crippen molar-refractivity contribution in [3.05, 3.63) is 47.4 Å². The summed E-state index contributed by atoms with van der Waals surface area (Å²) in [5.74, 6) is 1.01. The van der Waals surface area contributed by atoms with E-state index in [0.29, 0.717) is 0 Å². The van der Waals surface area contributed by atoms with Crippen LogP contribution in [0.25, 0.3) is 10.2 Å². The van der Waals surface area contributed by atoms with Crippen LogP contribution in [0.1, 0.15) is 37.3 Å². The van der Waals surface area contributed by atoms with Crippen molar-refractivity contribution in [2.75, 3.05) is 11.4 Å². The fourth-order valence-corrected chi connectivity index (χ4v) is 3.64. The zero-order chi connectivity index (χ0) is 15.5. The molecule has 0 N–H and O–H groups in total. The molecule has 4 nitrogen and oxygen atoms in total. The molecule has 0 aliphatic heterocycles. The molecule has 1 unspecified atom stereocenters. The number of hydrogen-bond acceptors (Lipinski definition) is 5. The lowest BCUT2D eigenvalue weighted by atomic mass is 10.1. The normalized spacial score (nSPS) is 12.5. The van der Waals surface area contributed by atoms with E-state index in [1.807, 2.05) is 18.5 Å². The maximum atomic E-state index is 4.57. The molecule has 0 radical (unpaired) electrons. The number of fused-ring (bicyclic) bond motifs is 1. The Kier molecular flexibility index (Phi) is 4.34. The summed E-state index contributed by atoms with van der Waals surface area (Å²) in [4.78, 5) is 18.0. The van der Waals surface area contributed by atoms with Crippen molar-refractivity contribution in [3.8, 4) is 0 Å². The third kappa shape index (κ3) is 2.68. The highest BCUT2D eigenvalue weighted by molar-refractivity contribution is 7.18. The van der Waals surface area contributed by atoms with Gasteiger partial charge in [-0.3, -0.25) is 4.98 Å². The van der Waals surface area contributed by atoms with Gasteiger partial charge in [0, 0.05) is 23.8 Å². The Balaban J connectivity index is 2.05. The largest absolute Gasteiger partial charge is 0.349 e. The van der Waals surface area contributed by atoms with Crippen LogP contribution in [-0.4, -0.2) is 21.5 Å². The second kappa shape index (κ2) is 6.40. The Bertz CT molecular complexity index is 754. The van der Waals surface area contributed by atoms with Crippen molar-refractivity contribution in [1.29, 1.82) is 0 Å². The van der Waals surface area contributed by atoms with Gasteiger partial charge in [0.1, 0.15) is 17.0 Å². The van der Waals surface area contributed by atoms with Gasteiger partial charge in [-0.05, 0) is 38.0 Å². The van der Waals surface area contributed by atoms with E-state index in [1.54, 1.807) is 17.7 Å². The Morgan fingerprint density at radius 1 is 1.27 bits per heavy atom. The number of thiophene rings is 1. The summed E-state index contributed by atoms with van der Waals surface area (Å²) in [6.45, 7) is 7.42. The first-order valence-electron chi connectivity index (χ1n) is 7.64. The first-order valence-corrected chi connectivity index (χ1v) is 8.46. The smallest absolute Gasteiger partial charge is 0.141 e. The van der Waals surface area contributed by atoms with E-state index in [2.05, 4.69) is 52.8 Å². The lowest BCUT2D eigenvalue weighted by Crippen LogP contribution is -2.27. The summed E-state index contributed by atoms with van der Waals surface area (Å²) in [5, 5.41) is 1.15. The topological polar surface area (TPSA) is 41.9 Å². The number of aromatic nitrogens is 3. The predicted molar refractivity (Wildman–Crippen MR) is 92.5 cm³/mol. The van der Waals surface area contributed by atoms with Gasteiger partial charge in [0.25, 0.3) is 0 Å². The number of pyridine rings is 1. The maximum absolute atomic E-state index is 4.57. The summed E-state index contributed by atoms with van der Waals surface area (Å²) >= 11 is 1.76. The highest BCUT2D eigenvalue weighted by Crippen LogP contribution is 2.34. The van der Waals surface area contributed by atoms with E-state index in [9.17, 15) is 0 Å². The summed E-state index contributed by atoms with van der Waals surface area (Å²) in [5.41, 5.74) is 1.20. The maximum Gasteiger partial charge on any atom is 0.141 e. The predicted octanol–water partition coefficient (Wildman–Crippen LogP) is 4.24. The molecule has 3 rings (SSSR count). The third-order valence-corrected chi connectivity index (χ3v) is 5.14. The first kappa shape index (κ1) is 14.9. The van der Waals surface area contributed by atoms with Crippen molar-refractivity contribution in [2.45, 2.75) is 33.2 Å². The standard InChI is InChI=1S/C17H20N4S/c1-4-14-9-15-16(19-11-20-17(15)22-14)21(5-2)12(3)13-7-6-8-18-10-13/h6-12H,4-5H2,1-3H3. The van der Waals surface area contributed by atoms with Crippen molar-refractivity contribution in [1.82, 2.24) is 15.0 Å². The minimum atomic E-state index is 0.224. The number of rotatable bonds is 5. The average molecular weight is 312 g/mol. The monoisotopic (exact) mass is 312 g/mol. The molecule has 0 aromatic carbocycles. The molecule has 0 aliphatic carbocycles. The van der Waals surface area contributed by atoms with Crippen LogP contribution in [0.3, 0.4) is 0 Å². The molecular weight excluding hydrogens is 292 g/mol. The van der Waals surface area contributed by atoms with Crippen molar-refractivity contribution < 1.29 is 0 Å². The van der Waals surface area contributed by atoms with E-state index >= 15 is 0 Å². The molecule has 3 aromatic heterocycles. The molecule has 114 valence electrons. The summed E-state index contributed by atoms with van der Waals surface area (Å²) in [6.07, 6.45) is 6.44. The fraction of sp³-hybridized carbons (Fsp3) is 0.353. The molecule has 3 heterocycles. The second-order valence-corrected chi connectivity index (χ2v) is 6.35. The van der Waals surface area contributed by atoms with Gasteiger partial charge in [0.05, 0.1) is 11.4 Å². The van der Waals surface area contributed by atoms with Gasteiger partial charge >= 0.3 is 0 Å². The van der Waals surface area contributed by atoms with E-state index < -0.39 is 0 Å². The van der Waals surface area contributed by atoms with Crippen molar-refractivity contribution in [3.63, 3.8) is 0 Å². The molecule has 5 heteroatoms. The number of anilines is 1. The highest BCUT2D eigenvalue weighted by Gasteiger charge is 2.19. The van der Waals surface area contributed by atoms with Gasteiger partial charge in [0.15, 0.2) is 0 Å². The SMILES string of the molecule is CCc1cc2c(N(CC)C(C)c3cccnc3)ncnc2s1. The van der Waals surface area contributed by atoms with E-state index in [4.69, 9.17) is 0 Å². The highest BCUT2D eigenvalue weighted by atomic mass is 32.1. The minimum Gasteiger partial charge on any atom is -0.349 e. The van der Waals surface area contributed by atoms with Gasteiger partial charge < -0.3 is 4.90 Å². The van der Waals surface area contributed by atoms with E-state index in [-0.39, 0.29) is 6.04 Å². The first-order chi connectivity index (χ1) is 10.7. The number of aryl methyl sites for hydroxylation is 1. The second-order valence-electron chi connectivity index (χ2n) is 5.23. The minimum absolute atomic E-state index is 0.224. The van der Waals surface area contributed by atoms with Crippen LogP contribution in [0.4, 0.5) is 5.82 Å². The van der Waals surface area contributed by atoms with Gasteiger partial charge in [-0.25, -0.2) is 9.97 Å². The molecule has 0 fully saturated rings. The van der Waals surface area contributed by atoms with Crippen LogP contribution in [0.2, 0.25) is 0 Å². The number of hydrogen-bond donors (Lipinski definition) is 0. The van der Waals surface area contributed by atoms with E-state index in [1.165, 1.54) is 10.4 Å². The Morgan fingerprint density at radius 2 is 2.14 bits per heavy atom. The van der Waals surface area contributed by atoms with E-state index in [0.717, 1.165) is 29.0 Å². The molecule has 0 amide bonds. The van der Waals surface area contributed by atoms with Crippen LogP contribution in [-0.2, 0) is 6.42 Å². The van der Waals surface area contributed by atoms with Crippen molar-refractivity contribution in [2.24, 2.45) is 0 Å². The third-order valence-electron chi connectivity index (χ3n) is 3.95. The molecule has 0 spiro atoms. The zero-order valence-electron chi connectivity index (χ0n) is 13.2. The lowest BCUT2D eigenvalue weighted by Gasteiger charge is -2.29. The Labute approximate surface area is 134 Å². The van der Waals surface area contributed by atoms with Gasteiger partial charge in [-0.2, -0.15) is 0 Å². The molecule has 0 saturated heterocycles. The van der Waals surface area contributed by atoms with Gasteiger partial charge in [-0.1, -0.05) is 13.0 Å². The molecule has 22 heavy (non-hydrogen) atoms. The average Bonchev–Trinajstić information content (AvgIpc) is 3.00. The fourth-order valence-electron chi connectivity index (χ4n) is 2.71. The van der Waals surface area contributed by atoms with Crippen LogP contribution in [0, 0.1) is 0 Å². The Morgan fingerprint density at radius 3 is 2.82 bits per heavy atom. The molecule has 0 aliphatic rings. The zero-order valence-corrected chi connectivity index (χ0v) is 14.0.